The Morgan fingerprint density at radius 3 is 2.68 bits per heavy atom. The summed E-state index contributed by atoms with van der Waals surface area (Å²) in [5.74, 6) is 0.470. The summed E-state index contributed by atoms with van der Waals surface area (Å²) in [6.45, 7) is 3.90. The maximum atomic E-state index is 12.3. The van der Waals surface area contributed by atoms with Crippen LogP contribution in [0.3, 0.4) is 0 Å². The van der Waals surface area contributed by atoms with Gasteiger partial charge >= 0.3 is 0 Å². The van der Waals surface area contributed by atoms with E-state index in [-0.39, 0.29) is 21.6 Å². The van der Waals surface area contributed by atoms with Gasteiger partial charge < -0.3 is 5.32 Å². The third-order valence-corrected chi connectivity index (χ3v) is 6.74. The highest BCUT2D eigenvalue weighted by Crippen LogP contribution is 2.29. The number of hydrogen-bond acceptors (Lipinski definition) is 5. The van der Waals surface area contributed by atoms with Crippen LogP contribution in [0, 0.1) is 23.2 Å². The number of hydrogen-bond donors (Lipinski definition) is 4. The molecule has 1 fully saturated rings. The molecule has 1 aromatic carbocycles. The number of carbonyl (C=O) groups excluding carboxylic acids is 1. The van der Waals surface area contributed by atoms with Gasteiger partial charge in [0.15, 0.2) is 5.11 Å². The van der Waals surface area contributed by atoms with Crippen LogP contribution in [0.1, 0.15) is 38.7 Å². The third-order valence-electron chi connectivity index (χ3n) is 5.06. The summed E-state index contributed by atoms with van der Waals surface area (Å²) in [4.78, 5) is 11.8. The van der Waals surface area contributed by atoms with E-state index in [1.54, 1.807) is 6.07 Å². The van der Waals surface area contributed by atoms with Gasteiger partial charge in [0.1, 0.15) is 6.07 Å². The average Bonchev–Trinajstić information content (AvgIpc) is 2.68. The largest absolute Gasteiger partial charge is 0.358 e. The Hall–Kier alpha value is -2.22. The molecule has 0 radical (unpaired) electrons. The second-order valence-electron chi connectivity index (χ2n) is 6.95. The number of nitriles is 1. The molecule has 4 N–H and O–H groups in total. The standard InChI is InChI=1S/C18H25N5O3S2/c1-12-6-5-8-15(13(12)2)21-18(27)23-22-17(24)11-20-28(25,26)16-9-4-3-7-14(16)10-19/h3-4,7,9,12-13,15,20H,5-6,8,11H2,1-2H3,(H,22,24)(H2,21,23,27)/t12-,13-,15-/m1/s1. The first kappa shape index (κ1) is 22.1. The van der Waals surface area contributed by atoms with Crippen LogP contribution in [0.25, 0.3) is 0 Å². The van der Waals surface area contributed by atoms with Crippen LogP contribution in [-0.2, 0) is 14.8 Å². The number of hydrazine groups is 1. The molecule has 0 aliphatic heterocycles. The van der Waals surface area contributed by atoms with E-state index in [9.17, 15) is 13.2 Å². The van der Waals surface area contributed by atoms with E-state index in [1.165, 1.54) is 24.6 Å². The lowest BCUT2D eigenvalue weighted by atomic mass is 9.78. The molecule has 2 rings (SSSR count). The fourth-order valence-corrected chi connectivity index (χ4v) is 4.53. The van der Waals surface area contributed by atoms with Gasteiger partial charge in [-0.15, -0.1) is 0 Å². The molecule has 0 unspecified atom stereocenters. The molecule has 0 spiro atoms. The molecule has 152 valence electrons. The summed E-state index contributed by atoms with van der Waals surface area (Å²) < 4.78 is 26.7. The van der Waals surface area contributed by atoms with Crippen molar-refractivity contribution in [3.8, 4) is 6.07 Å². The van der Waals surface area contributed by atoms with Crippen LogP contribution >= 0.6 is 12.2 Å². The first-order valence-electron chi connectivity index (χ1n) is 9.08. The van der Waals surface area contributed by atoms with Crippen molar-refractivity contribution in [2.45, 2.75) is 44.0 Å². The lowest BCUT2D eigenvalue weighted by molar-refractivity contribution is -0.120. The fraction of sp³-hybridized carbons (Fsp3) is 0.500. The zero-order valence-electron chi connectivity index (χ0n) is 15.9. The highest BCUT2D eigenvalue weighted by atomic mass is 32.2. The molecular weight excluding hydrogens is 398 g/mol. The van der Waals surface area contributed by atoms with Gasteiger partial charge in [-0.25, -0.2) is 13.1 Å². The summed E-state index contributed by atoms with van der Waals surface area (Å²) in [6, 6.07) is 7.83. The van der Waals surface area contributed by atoms with Crippen LogP contribution in [0.4, 0.5) is 0 Å². The van der Waals surface area contributed by atoms with Crippen molar-refractivity contribution in [3.63, 3.8) is 0 Å². The van der Waals surface area contributed by atoms with Gasteiger partial charge in [-0.1, -0.05) is 38.8 Å². The molecule has 28 heavy (non-hydrogen) atoms. The molecule has 0 saturated heterocycles. The van der Waals surface area contributed by atoms with Crippen LogP contribution in [0.2, 0.25) is 0 Å². The van der Waals surface area contributed by atoms with Crippen LogP contribution < -0.4 is 20.9 Å². The molecule has 3 atom stereocenters. The number of amides is 1. The number of nitrogens with zero attached hydrogens (tertiary/aromatic N) is 1. The summed E-state index contributed by atoms with van der Waals surface area (Å²) >= 11 is 5.20. The molecule has 1 amide bonds. The quantitative estimate of drug-likeness (QED) is 0.414. The molecule has 10 heteroatoms. The Morgan fingerprint density at radius 1 is 1.25 bits per heavy atom. The lowest BCUT2D eigenvalue weighted by Crippen LogP contribution is -2.53. The minimum atomic E-state index is -3.98. The number of benzene rings is 1. The Labute approximate surface area is 171 Å². The van der Waals surface area contributed by atoms with E-state index >= 15 is 0 Å². The first-order chi connectivity index (χ1) is 13.2. The summed E-state index contributed by atoms with van der Waals surface area (Å²) in [6.07, 6.45) is 3.34. The van der Waals surface area contributed by atoms with Crippen LogP contribution in [0.15, 0.2) is 29.2 Å². The fourth-order valence-electron chi connectivity index (χ4n) is 3.19. The van der Waals surface area contributed by atoms with Crippen molar-refractivity contribution in [1.29, 1.82) is 5.26 Å². The van der Waals surface area contributed by atoms with Crippen LogP contribution in [-0.4, -0.2) is 32.0 Å². The Morgan fingerprint density at radius 2 is 1.96 bits per heavy atom. The summed E-state index contributed by atoms with van der Waals surface area (Å²) in [5.41, 5.74) is 4.97. The SMILES string of the molecule is C[C@@H]1[C@H](C)CCC[C@H]1NC(=S)NNC(=O)CNS(=O)(=O)c1ccccc1C#N. The predicted octanol–water partition coefficient (Wildman–Crippen LogP) is 1.16. The van der Waals surface area contributed by atoms with Crippen molar-refractivity contribution in [1.82, 2.24) is 20.9 Å². The van der Waals surface area contributed by atoms with Gasteiger partial charge in [0.25, 0.3) is 5.91 Å². The van der Waals surface area contributed by atoms with Gasteiger partial charge in [0.05, 0.1) is 17.0 Å². The Balaban J connectivity index is 1.81. The Kier molecular flexibility index (Phi) is 7.74. The number of rotatable bonds is 5. The van der Waals surface area contributed by atoms with Crippen molar-refractivity contribution < 1.29 is 13.2 Å². The molecule has 8 nitrogen and oxygen atoms in total. The minimum Gasteiger partial charge on any atom is -0.358 e. The zero-order valence-corrected chi connectivity index (χ0v) is 17.5. The van der Waals surface area contributed by atoms with E-state index in [2.05, 4.69) is 34.7 Å². The van der Waals surface area contributed by atoms with Gasteiger partial charge in [0.2, 0.25) is 10.0 Å². The second-order valence-corrected chi connectivity index (χ2v) is 9.10. The van der Waals surface area contributed by atoms with Gasteiger partial charge in [-0.05, 0) is 42.6 Å². The van der Waals surface area contributed by atoms with E-state index < -0.39 is 22.5 Å². The molecule has 0 heterocycles. The van der Waals surface area contributed by atoms with E-state index in [0.29, 0.717) is 11.8 Å². The smallest absolute Gasteiger partial charge is 0.253 e. The van der Waals surface area contributed by atoms with Crippen LogP contribution in [0.5, 0.6) is 0 Å². The summed E-state index contributed by atoms with van der Waals surface area (Å²) in [5, 5.41) is 12.5. The zero-order chi connectivity index (χ0) is 20.7. The topological polar surface area (TPSA) is 123 Å². The minimum absolute atomic E-state index is 0.00902. The average molecular weight is 424 g/mol. The van der Waals surface area contributed by atoms with Crippen molar-refractivity contribution >= 4 is 33.3 Å². The number of thiocarbonyl (C=S) groups is 1. The first-order valence-corrected chi connectivity index (χ1v) is 11.0. The van der Waals surface area contributed by atoms with E-state index in [4.69, 9.17) is 17.5 Å². The predicted molar refractivity (Wildman–Crippen MR) is 109 cm³/mol. The number of nitrogens with one attached hydrogen (secondary N) is 4. The van der Waals surface area contributed by atoms with Gasteiger partial charge in [-0.3, -0.25) is 15.6 Å². The number of carbonyl (C=O) groups is 1. The highest BCUT2D eigenvalue weighted by Gasteiger charge is 2.27. The number of sulfonamides is 1. The molecule has 1 aliphatic rings. The highest BCUT2D eigenvalue weighted by molar-refractivity contribution is 7.89. The Bertz CT molecular complexity index is 866. The van der Waals surface area contributed by atoms with Gasteiger partial charge in [-0.2, -0.15) is 5.26 Å². The summed E-state index contributed by atoms with van der Waals surface area (Å²) in [7, 11) is -3.98. The normalized spacial score (nSPS) is 22.0. The van der Waals surface area contributed by atoms with Gasteiger partial charge in [0, 0.05) is 6.04 Å². The molecule has 1 aromatic rings. The maximum Gasteiger partial charge on any atom is 0.253 e. The van der Waals surface area contributed by atoms with E-state index in [1.807, 2.05) is 6.07 Å². The second kappa shape index (κ2) is 9.82. The maximum absolute atomic E-state index is 12.3. The molecule has 0 bridgehead atoms. The van der Waals surface area contributed by atoms with Crippen molar-refractivity contribution in [2.75, 3.05) is 6.54 Å². The molecule has 1 saturated carbocycles. The molecular formula is C18H25N5O3S2. The van der Waals surface area contributed by atoms with E-state index in [0.717, 1.165) is 12.8 Å². The van der Waals surface area contributed by atoms with Crippen molar-refractivity contribution in [2.24, 2.45) is 11.8 Å². The monoisotopic (exact) mass is 423 g/mol. The lowest BCUT2D eigenvalue weighted by Gasteiger charge is -2.35. The van der Waals surface area contributed by atoms with Crippen molar-refractivity contribution in [3.05, 3.63) is 29.8 Å². The molecule has 0 aromatic heterocycles. The third kappa shape index (κ3) is 5.89. The molecule has 1 aliphatic carbocycles.